The van der Waals surface area contributed by atoms with E-state index >= 15 is 0 Å². The third-order valence-corrected chi connectivity index (χ3v) is 4.08. The van der Waals surface area contributed by atoms with Crippen molar-refractivity contribution in [1.29, 1.82) is 0 Å². The molecule has 0 aromatic carbocycles. The van der Waals surface area contributed by atoms with Crippen LogP contribution in [0.3, 0.4) is 0 Å². The maximum atomic E-state index is 6.01. The zero-order chi connectivity index (χ0) is 13.5. The molecule has 2 atom stereocenters. The van der Waals surface area contributed by atoms with Crippen LogP contribution in [0, 0.1) is 5.92 Å². The van der Waals surface area contributed by atoms with Gasteiger partial charge in [-0.2, -0.15) is 0 Å². The van der Waals surface area contributed by atoms with Crippen molar-refractivity contribution in [3.63, 3.8) is 0 Å². The van der Waals surface area contributed by atoms with E-state index in [1.165, 1.54) is 19.3 Å². The third-order valence-electron chi connectivity index (χ3n) is 4.08. The van der Waals surface area contributed by atoms with E-state index in [1.54, 1.807) is 0 Å². The number of morpholine rings is 1. The van der Waals surface area contributed by atoms with Gasteiger partial charge in [0, 0.05) is 19.1 Å². The highest BCUT2D eigenvalue weighted by molar-refractivity contribution is 4.84. The first-order valence-electron chi connectivity index (χ1n) is 7.55. The first kappa shape index (κ1) is 15.9. The smallest absolute Gasteiger partial charge is 0.0857 e. The molecule has 2 unspecified atom stereocenters. The van der Waals surface area contributed by atoms with Gasteiger partial charge in [0.15, 0.2) is 0 Å². The maximum absolute atomic E-state index is 6.01. The Morgan fingerprint density at radius 1 is 1.39 bits per heavy atom. The SMILES string of the molecule is CCN(C)CC1OCCN(C)C1CCCC(C)C. The van der Waals surface area contributed by atoms with Crippen molar-refractivity contribution in [3.05, 3.63) is 0 Å². The number of hydrogen-bond donors (Lipinski definition) is 0. The van der Waals surface area contributed by atoms with Gasteiger partial charge < -0.3 is 9.64 Å². The summed E-state index contributed by atoms with van der Waals surface area (Å²) in [6.45, 7) is 11.0. The Labute approximate surface area is 113 Å². The van der Waals surface area contributed by atoms with Gasteiger partial charge in [0.05, 0.1) is 12.7 Å². The minimum Gasteiger partial charge on any atom is -0.374 e. The second-order valence-corrected chi connectivity index (χ2v) is 6.14. The van der Waals surface area contributed by atoms with Gasteiger partial charge in [0.2, 0.25) is 0 Å². The van der Waals surface area contributed by atoms with E-state index < -0.39 is 0 Å². The molecule has 1 aliphatic rings. The largest absolute Gasteiger partial charge is 0.374 e. The lowest BCUT2D eigenvalue weighted by molar-refractivity contribution is -0.0744. The number of ether oxygens (including phenoxy) is 1. The monoisotopic (exact) mass is 256 g/mol. The number of likely N-dealkylation sites (N-methyl/N-ethyl adjacent to an activating group) is 2. The molecule has 0 N–H and O–H groups in total. The molecular formula is C15H32N2O. The van der Waals surface area contributed by atoms with Crippen molar-refractivity contribution in [1.82, 2.24) is 9.80 Å². The van der Waals surface area contributed by atoms with Crippen molar-refractivity contribution >= 4 is 0 Å². The molecule has 0 saturated carbocycles. The zero-order valence-electron chi connectivity index (χ0n) is 13.0. The molecule has 3 nitrogen and oxygen atoms in total. The summed E-state index contributed by atoms with van der Waals surface area (Å²) in [7, 11) is 4.44. The van der Waals surface area contributed by atoms with Crippen LogP contribution in [0.25, 0.3) is 0 Å². The molecule has 18 heavy (non-hydrogen) atoms. The summed E-state index contributed by atoms with van der Waals surface area (Å²) in [6, 6.07) is 0.603. The molecule has 3 heteroatoms. The predicted molar refractivity (Wildman–Crippen MR) is 78.0 cm³/mol. The fourth-order valence-electron chi connectivity index (χ4n) is 2.66. The van der Waals surface area contributed by atoms with E-state index in [1.807, 2.05) is 0 Å². The Morgan fingerprint density at radius 3 is 2.72 bits per heavy atom. The van der Waals surface area contributed by atoms with Crippen LogP contribution in [0.15, 0.2) is 0 Å². The second-order valence-electron chi connectivity index (χ2n) is 6.14. The standard InChI is InChI=1S/C15H32N2O/c1-6-16(4)12-15-14(9-7-8-13(2)3)17(5)10-11-18-15/h13-15H,6-12H2,1-5H3. The summed E-state index contributed by atoms with van der Waals surface area (Å²) in [4.78, 5) is 4.86. The molecule has 1 heterocycles. The quantitative estimate of drug-likeness (QED) is 0.696. The summed E-state index contributed by atoms with van der Waals surface area (Å²) >= 11 is 0. The Morgan fingerprint density at radius 2 is 2.11 bits per heavy atom. The summed E-state index contributed by atoms with van der Waals surface area (Å²) in [5.41, 5.74) is 0. The molecule has 1 aliphatic heterocycles. The van der Waals surface area contributed by atoms with Gasteiger partial charge in [-0.1, -0.05) is 33.6 Å². The molecule has 0 aliphatic carbocycles. The van der Waals surface area contributed by atoms with E-state index in [4.69, 9.17) is 4.74 Å². The topological polar surface area (TPSA) is 15.7 Å². The van der Waals surface area contributed by atoms with Crippen LogP contribution >= 0.6 is 0 Å². The number of hydrogen-bond acceptors (Lipinski definition) is 3. The molecule has 0 radical (unpaired) electrons. The highest BCUT2D eigenvalue weighted by Gasteiger charge is 2.30. The Kier molecular flexibility index (Phi) is 7.20. The van der Waals surface area contributed by atoms with Gasteiger partial charge in [-0.15, -0.1) is 0 Å². The summed E-state index contributed by atoms with van der Waals surface area (Å²) in [6.07, 6.45) is 4.32. The van der Waals surface area contributed by atoms with Gasteiger partial charge in [0.25, 0.3) is 0 Å². The predicted octanol–water partition coefficient (Wildman–Crippen LogP) is 2.46. The molecule has 108 valence electrons. The van der Waals surface area contributed by atoms with Crippen LogP contribution in [-0.4, -0.2) is 62.3 Å². The lowest BCUT2D eigenvalue weighted by Gasteiger charge is -2.40. The molecule has 0 aromatic rings. The fourth-order valence-corrected chi connectivity index (χ4v) is 2.66. The Hall–Kier alpha value is -0.120. The van der Waals surface area contributed by atoms with Gasteiger partial charge in [-0.3, -0.25) is 4.90 Å². The number of rotatable bonds is 7. The second kappa shape index (κ2) is 8.13. The summed E-state index contributed by atoms with van der Waals surface area (Å²) in [5, 5.41) is 0. The van der Waals surface area contributed by atoms with E-state index in [2.05, 4.69) is 44.7 Å². The molecule has 1 fully saturated rings. The fraction of sp³-hybridized carbons (Fsp3) is 1.00. The van der Waals surface area contributed by atoms with E-state index in [0.717, 1.165) is 32.2 Å². The molecular weight excluding hydrogens is 224 g/mol. The van der Waals surface area contributed by atoms with Gasteiger partial charge in [0.1, 0.15) is 0 Å². The third kappa shape index (κ3) is 5.25. The van der Waals surface area contributed by atoms with Crippen LogP contribution in [0.4, 0.5) is 0 Å². The molecule has 0 spiro atoms. The number of nitrogens with zero attached hydrogens (tertiary/aromatic N) is 2. The minimum absolute atomic E-state index is 0.390. The van der Waals surface area contributed by atoms with Gasteiger partial charge >= 0.3 is 0 Å². The van der Waals surface area contributed by atoms with Crippen molar-refractivity contribution < 1.29 is 4.74 Å². The van der Waals surface area contributed by atoms with Crippen LogP contribution in [0.2, 0.25) is 0 Å². The Bertz CT molecular complexity index is 221. The summed E-state index contributed by atoms with van der Waals surface area (Å²) < 4.78 is 6.01. The van der Waals surface area contributed by atoms with Gasteiger partial charge in [-0.25, -0.2) is 0 Å². The van der Waals surface area contributed by atoms with Gasteiger partial charge in [-0.05, 0) is 33.0 Å². The molecule has 1 saturated heterocycles. The van der Waals surface area contributed by atoms with E-state index in [0.29, 0.717) is 12.1 Å². The highest BCUT2D eigenvalue weighted by Crippen LogP contribution is 2.20. The molecule has 1 rings (SSSR count). The molecule has 0 aromatic heterocycles. The zero-order valence-corrected chi connectivity index (χ0v) is 13.0. The average Bonchev–Trinajstić information content (AvgIpc) is 2.32. The van der Waals surface area contributed by atoms with Crippen molar-refractivity contribution in [3.8, 4) is 0 Å². The van der Waals surface area contributed by atoms with E-state index in [9.17, 15) is 0 Å². The minimum atomic E-state index is 0.390. The lowest BCUT2D eigenvalue weighted by atomic mass is 9.97. The van der Waals surface area contributed by atoms with Crippen LogP contribution in [-0.2, 0) is 4.74 Å². The molecule has 0 bridgehead atoms. The van der Waals surface area contributed by atoms with Crippen molar-refractivity contribution in [2.75, 3.05) is 40.3 Å². The van der Waals surface area contributed by atoms with Crippen LogP contribution in [0.5, 0.6) is 0 Å². The normalized spacial score (nSPS) is 26.2. The molecule has 0 amide bonds. The highest BCUT2D eigenvalue weighted by atomic mass is 16.5. The Balaban J connectivity index is 2.45. The van der Waals surface area contributed by atoms with E-state index in [-0.39, 0.29) is 0 Å². The lowest BCUT2D eigenvalue weighted by Crippen LogP contribution is -2.53. The van der Waals surface area contributed by atoms with Crippen LogP contribution < -0.4 is 0 Å². The average molecular weight is 256 g/mol. The van der Waals surface area contributed by atoms with Crippen LogP contribution in [0.1, 0.15) is 40.0 Å². The first-order valence-corrected chi connectivity index (χ1v) is 7.55. The van der Waals surface area contributed by atoms with Crippen molar-refractivity contribution in [2.45, 2.75) is 52.2 Å². The van der Waals surface area contributed by atoms with Crippen molar-refractivity contribution in [2.24, 2.45) is 5.92 Å². The first-order chi connectivity index (χ1) is 8.54. The summed E-state index contributed by atoms with van der Waals surface area (Å²) in [5.74, 6) is 0.816. The maximum Gasteiger partial charge on any atom is 0.0857 e.